The van der Waals surface area contributed by atoms with Crippen LogP contribution >= 0.6 is 0 Å². The molecule has 2 heterocycles. The molecule has 0 spiro atoms. The Labute approximate surface area is 97.3 Å². The van der Waals surface area contributed by atoms with Crippen LogP contribution in [0.2, 0.25) is 0 Å². The van der Waals surface area contributed by atoms with Crippen LogP contribution in [0.4, 0.5) is 0 Å². The molecule has 0 bridgehead atoms. The van der Waals surface area contributed by atoms with E-state index in [1.54, 1.807) is 6.20 Å². The summed E-state index contributed by atoms with van der Waals surface area (Å²) >= 11 is 0. The Morgan fingerprint density at radius 2 is 2.24 bits per heavy atom. The first-order valence-electron chi connectivity index (χ1n) is 5.12. The molecule has 0 radical (unpaired) electrons. The highest BCUT2D eigenvalue weighted by atomic mass is 16.4. The highest BCUT2D eigenvalue weighted by Gasteiger charge is 2.09. The number of nitrogens with zero attached hydrogens (tertiary/aromatic N) is 3. The molecule has 0 fully saturated rings. The average Bonchev–Trinajstić information content (AvgIpc) is 2.76. The number of pyridine rings is 1. The number of aromatic nitrogens is 3. The fourth-order valence-corrected chi connectivity index (χ4v) is 1.28. The standard InChI is InChI=1S/C11H11N3O3/c1-7-2-3-8(6-12-7)11-14-13-9(17-11)4-5-10(15)16/h2-3,6H,4-5H2,1H3,(H,15,16). The lowest BCUT2D eigenvalue weighted by molar-refractivity contribution is -0.137. The summed E-state index contributed by atoms with van der Waals surface area (Å²) in [5.41, 5.74) is 1.63. The number of rotatable bonds is 4. The van der Waals surface area contributed by atoms with E-state index in [1.165, 1.54) is 0 Å². The minimum Gasteiger partial charge on any atom is -0.481 e. The molecule has 0 unspecified atom stereocenters. The summed E-state index contributed by atoms with van der Waals surface area (Å²) in [5.74, 6) is -0.206. The molecular formula is C11H11N3O3. The van der Waals surface area contributed by atoms with Gasteiger partial charge < -0.3 is 9.52 Å². The highest BCUT2D eigenvalue weighted by molar-refractivity contribution is 5.66. The van der Waals surface area contributed by atoms with E-state index < -0.39 is 5.97 Å². The molecule has 6 nitrogen and oxygen atoms in total. The molecule has 0 saturated heterocycles. The van der Waals surface area contributed by atoms with Crippen LogP contribution in [0.5, 0.6) is 0 Å². The van der Waals surface area contributed by atoms with Gasteiger partial charge in [0.1, 0.15) is 0 Å². The summed E-state index contributed by atoms with van der Waals surface area (Å²) in [7, 11) is 0. The number of hydrogen-bond acceptors (Lipinski definition) is 5. The fraction of sp³-hybridized carbons (Fsp3) is 0.273. The van der Waals surface area contributed by atoms with Crippen molar-refractivity contribution in [2.45, 2.75) is 19.8 Å². The van der Waals surface area contributed by atoms with E-state index in [0.717, 1.165) is 11.3 Å². The summed E-state index contributed by atoms with van der Waals surface area (Å²) in [6, 6.07) is 3.67. The van der Waals surface area contributed by atoms with Crippen LogP contribution in [0.3, 0.4) is 0 Å². The molecule has 17 heavy (non-hydrogen) atoms. The minimum atomic E-state index is -0.887. The van der Waals surface area contributed by atoms with Crippen molar-refractivity contribution in [3.63, 3.8) is 0 Å². The number of carboxylic acid groups (broad SMARTS) is 1. The molecule has 0 aliphatic carbocycles. The van der Waals surface area contributed by atoms with Crippen molar-refractivity contribution in [3.8, 4) is 11.5 Å². The molecular weight excluding hydrogens is 222 g/mol. The van der Waals surface area contributed by atoms with Gasteiger partial charge >= 0.3 is 5.97 Å². The number of carbonyl (C=O) groups is 1. The van der Waals surface area contributed by atoms with E-state index >= 15 is 0 Å². The van der Waals surface area contributed by atoms with Crippen LogP contribution in [0.25, 0.3) is 11.5 Å². The summed E-state index contributed by atoms with van der Waals surface area (Å²) < 4.78 is 5.33. The number of aliphatic carboxylic acids is 1. The van der Waals surface area contributed by atoms with E-state index in [2.05, 4.69) is 15.2 Å². The molecule has 1 N–H and O–H groups in total. The monoisotopic (exact) mass is 233 g/mol. The Kier molecular flexibility index (Phi) is 3.13. The number of hydrogen-bond donors (Lipinski definition) is 1. The van der Waals surface area contributed by atoms with Crippen LogP contribution in [0.1, 0.15) is 18.0 Å². The predicted molar refractivity (Wildman–Crippen MR) is 58.2 cm³/mol. The summed E-state index contributed by atoms with van der Waals surface area (Å²) in [5, 5.41) is 16.2. The first-order chi connectivity index (χ1) is 8.15. The van der Waals surface area contributed by atoms with Gasteiger partial charge in [-0.2, -0.15) is 0 Å². The third-order valence-electron chi connectivity index (χ3n) is 2.18. The smallest absolute Gasteiger partial charge is 0.303 e. The summed E-state index contributed by atoms with van der Waals surface area (Å²) in [6.07, 6.45) is 1.86. The van der Waals surface area contributed by atoms with Crippen molar-refractivity contribution < 1.29 is 14.3 Å². The zero-order valence-electron chi connectivity index (χ0n) is 9.25. The molecule has 88 valence electrons. The van der Waals surface area contributed by atoms with Gasteiger partial charge in [0.25, 0.3) is 0 Å². The van der Waals surface area contributed by atoms with Crippen LogP contribution in [-0.2, 0) is 11.2 Å². The van der Waals surface area contributed by atoms with Crippen molar-refractivity contribution in [1.29, 1.82) is 0 Å². The lowest BCUT2D eigenvalue weighted by Crippen LogP contribution is -1.97. The Morgan fingerprint density at radius 1 is 1.41 bits per heavy atom. The minimum absolute atomic E-state index is 0.0201. The van der Waals surface area contributed by atoms with E-state index in [9.17, 15) is 4.79 Å². The summed E-state index contributed by atoms with van der Waals surface area (Å²) in [4.78, 5) is 14.5. The van der Waals surface area contributed by atoms with Gasteiger partial charge in [0.2, 0.25) is 11.8 Å². The van der Waals surface area contributed by atoms with Crippen molar-refractivity contribution in [2.24, 2.45) is 0 Å². The molecule has 0 saturated carbocycles. The van der Waals surface area contributed by atoms with Gasteiger partial charge in [-0.3, -0.25) is 9.78 Å². The molecule has 2 aromatic heterocycles. The maximum Gasteiger partial charge on any atom is 0.303 e. The highest BCUT2D eigenvalue weighted by Crippen LogP contribution is 2.17. The third kappa shape index (κ3) is 2.87. The van der Waals surface area contributed by atoms with Gasteiger partial charge in [0.05, 0.1) is 12.0 Å². The van der Waals surface area contributed by atoms with E-state index in [1.807, 2.05) is 19.1 Å². The first kappa shape index (κ1) is 11.3. The van der Waals surface area contributed by atoms with Gasteiger partial charge in [-0.1, -0.05) is 0 Å². The van der Waals surface area contributed by atoms with Gasteiger partial charge in [0.15, 0.2) is 0 Å². The molecule has 0 amide bonds. The molecule has 2 rings (SSSR count). The molecule has 0 aliphatic heterocycles. The van der Waals surface area contributed by atoms with Crippen molar-refractivity contribution >= 4 is 5.97 Å². The maximum absolute atomic E-state index is 10.4. The lowest BCUT2D eigenvalue weighted by atomic mass is 10.2. The van der Waals surface area contributed by atoms with Crippen LogP contribution < -0.4 is 0 Å². The van der Waals surface area contributed by atoms with Crippen LogP contribution in [-0.4, -0.2) is 26.3 Å². The van der Waals surface area contributed by atoms with Gasteiger partial charge in [-0.15, -0.1) is 10.2 Å². The quantitative estimate of drug-likeness (QED) is 0.859. The van der Waals surface area contributed by atoms with Crippen LogP contribution in [0, 0.1) is 6.92 Å². The normalized spacial score (nSPS) is 10.4. The first-order valence-corrected chi connectivity index (χ1v) is 5.12. The fourth-order valence-electron chi connectivity index (χ4n) is 1.28. The molecule has 0 aromatic carbocycles. The zero-order valence-corrected chi connectivity index (χ0v) is 9.25. The second-order valence-corrected chi connectivity index (χ2v) is 3.58. The summed E-state index contributed by atoms with van der Waals surface area (Å²) in [6.45, 7) is 1.88. The molecule has 0 atom stereocenters. The van der Waals surface area contributed by atoms with Gasteiger partial charge in [-0.05, 0) is 19.1 Å². The SMILES string of the molecule is Cc1ccc(-c2nnc(CCC(=O)O)o2)cn1. The molecule has 2 aromatic rings. The van der Waals surface area contributed by atoms with E-state index in [-0.39, 0.29) is 12.8 Å². The van der Waals surface area contributed by atoms with Crippen molar-refractivity contribution in [3.05, 3.63) is 29.9 Å². The van der Waals surface area contributed by atoms with Gasteiger partial charge in [0, 0.05) is 18.3 Å². The van der Waals surface area contributed by atoms with E-state index in [0.29, 0.717) is 11.8 Å². The topological polar surface area (TPSA) is 89.1 Å². The van der Waals surface area contributed by atoms with Crippen molar-refractivity contribution in [1.82, 2.24) is 15.2 Å². The second-order valence-electron chi connectivity index (χ2n) is 3.58. The number of aryl methyl sites for hydroxylation is 2. The maximum atomic E-state index is 10.4. The average molecular weight is 233 g/mol. The van der Waals surface area contributed by atoms with Gasteiger partial charge in [-0.25, -0.2) is 0 Å². The molecule has 6 heteroatoms. The second kappa shape index (κ2) is 4.73. The Hall–Kier alpha value is -2.24. The largest absolute Gasteiger partial charge is 0.481 e. The third-order valence-corrected chi connectivity index (χ3v) is 2.18. The lowest BCUT2D eigenvalue weighted by Gasteiger charge is -1.94. The molecule has 0 aliphatic rings. The Bertz CT molecular complexity index is 519. The van der Waals surface area contributed by atoms with Crippen molar-refractivity contribution in [2.75, 3.05) is 0 Å². The predicted octanol–water partition coefficient (Wildman–Crippen LogP) is 1.46. The Balaban J connectivity index is 2.12. The Morgan fingerprint density at radius 3 is 2.88 bits per heavy atom. The van der Waals surface area contributed by atoms with E-state index in [4.69, 9.17) is 9.52 Å². The van der Waals surface area contributed by atoms with Crippen LogP contribution in [0.15, 0.2) is 22.7 Å². The zero-order chi connectivity index (χ0) is 12.3. The number of carboxylic acids is 1.